The molecule has 6 aromatic carbocycles. The first kappa shape index (κ1) is 23.1. The molecule has 0 spiro atoms. The molecule has 0 atom stereocenters. The molecule has 35 heavy (non-hydrogen) atoms. The fourth-order valence-electron chi connectivity index (χ4n) is 5.75. The average Bonchev–Trinajstić information content (AvgIpc) is 3.14. The van der Waals surface area contributed by atoms with Crippen molar-refractivity contribution in [2.45, 2.75) is 47.0 Å². The minimum atomic E-state index is -0.0182. The van der Waals surface area contributed by atoms with Crippen LogP contribution >= 0.6 is 0 Å². The van der Waals surface area contributed by atoms with Crippen molar-refractivity contribution in [2.24, 2.45) is 0 Å². The molecule has 0 aliphatic heterocycles. The van der Waals surface area contributed by atoms with Gasteiger partial charge in [-0.1, -0.05) is 114 Å². The molecule has 0 amide bonds. The van der Waals surface area contributed by atoms with E-state index in [0.29, 0.717) is 0 Å². The Labute approximate surface area is 209 Å². The Morgan fingerprint density at radius 3 is 1.74 bits per heavy atom. The van der Waals surface area contributed by atoms with Crippen LogP contribution in [0, 0.1) is 0 Å². The van der Waals surface area contributed by atoms with Crippen LogP contribution in [0.2, 0.25) is 0 Å². The SMILES string of the molecule is CC.CC.CC1(C)c2cc3c(ccc4ccccc43)cc2-c2c1ccc1cc3ccccc3cc21. The Hall–Kier alpha value is -3.64. The van der Waals surface area contributed by atoms with Crippen molar-refractivity contribution in [2.75, 3.05) is 0 Å². The van der Waals surface area contributed by atoms with Gasteiger partial charge >= 0.3 is 0 Å². The van der Waals surface area contributed by atoms with Crippen molar-refractivity contribution in [1.82, 2.24) is 0 Å². The van der Waals surface area contributed by atoms with Crippen molar-refractivity contribution in [3.63, 3.8) is 0 Å². The fraction of sp³-hybridized carbons (Fsp3) is 0.200. The van der Waals surface area contributed by atoms with Gasteiger partial charge in [-0.2, -0.15) is 0 Å². The summed E-state index contributed by atoms with van der Waals surface area (Å²) in [5, 5.41) is 10.6. The van der Waals surface area contributed by atoms with Crippen molar-refractivity contribution < 1.29 is 0 Å². The highest BCUT2D eigenvalue weighted by molar-refractivity contribution is 6.13. The maximum absolute atomic E-state index is 2.46. The average molecular weight is 455 g/mol. The molecular formula is C35H34. The van der Waals surface area contributed by atoms with E-state index < -0.39 is 0 Å². The summed E-state index contributed by atoms with van der Waals surface area (Å²) in [5.41, 5.74) is 5.66. The molecule has 6 aromatic rings. The zero-order valence-electron chi connectivity index (χ0n) is 21.7. The lowest BCUT2D eigenvalue weighted by atomic mass is 9.81. The minimum Gasteiger partial charge on any atom is -0.0683 e. The summed E-state index contributed by atoms with van der Waals surface area (Å²) in [6.07, 6.45) is 0. The van der Waals surface area contributed by atoms with Crippen LogP contribution in [0.3, 0.4) is 0 Å². The van der Waals surface area contributed by atoms with Gasteiger partial charge in [0.15, 0.2) is 0 Å². The van der Waals surface area contributed by atoms with Crippen LogP contribution < -0.4 is 0 Å². The predicted octanol–water partition coefficient (Wildman–Crippen LogP) is 10.7. The van der Waals surface area contributed by atoms with E-state index in [2.05, 4.69) is 111 Å². The first-order valence-electron chi connectivity index (χ1n) is 13.0. The fourth-order valence-corrected chi connectivity index (χ4v) is 5.75. The maximum atomic E-state index is 2.46. The van der Waals surface area contributed by atoms with Crippen LogP contribution in [0.15, 0.2) is 97.1 Å². The molecule has 0 heteroatoms. The normalized spacial score (nSPS) is 13.1. The van der Waals surface area contributed by atoms with Gasteiger partial charge in [-0.15, -0.1) is 0 Å². The van der Waals surface area contributed by atoms with Gasteiger partial charge in [-0.05, 0) is 89.6 Å². The predicted molar refractivity (Wildman–Crippen MR) is 157 cm³/mol. The molecule has 0 heterocycles. The number of rotatable bonds is 0. The molecule has 0 saturated carbocycles. The van der Waals surface area contributed by atoms with Crippen LogP contribution in [0.5, 0.6) is 0 Å². The summed E-state index contributed by atoms with van der Waals surface area (Å²) in [4.78, 5) is 0. The molecule has 0 N–H and O–H groups in total. The molecular weight excluding hydrogens is 420 g/mol. The van der Waals surface area contributed by atoms with Gasteiger partial charge in [0.1, 0.15) is 0 Å². The molecule has 174 valence electrons. The van der Waals surface area contributed by atoms with E-state index in [9.17, 15) is 0 Å². The Morgan fingerprint density at radius 1 is 0.429 bits per heavy atom. The third-order valence-corrected chi connectivity index (χ3v) is 7.39. The van der Waals surface area contributed by atoms with E-state index in [1.165, 1.54) is 65.3 Å². The van der Waals surface area contributed by atoms with E-state index in [1.54, 1.807) is 0 Å². The number of hydrogen-bond donors (Lipinski definition) is 0. The highest BCUT2D eigenvalue weighted by Crippen LogP contribution is 2.53. The van der Waals surface area contributed by atoms with Gasteiger partial charge in [0, 0.05) is 5.41 Å². The molecule has 0 unspecified atom stereocenters. The van der Waals surface area contributed by atoms with Gasteiger partial charge in [0.2, 0.25) is 0 Å². The first-order chi connectivity index (χ1) is 17.1. The molecule has 7 rings (SSSR count). The van der Waals surface area contributed by atoms with Crippen molar-refractivity contribution in [3.05, 3.63) is 108 Å². The lowest BCUT2D eigenvalue weighted by Crippen LogP contribution is -2.14. The van der Waals surface area contributed by atoms with Crippen molar-refractivity contribution in [1.29, 1.82) is 0 Å². The third kappa shape index (κ3) is 3.43. The van der Waals surface area contributed by atoms with Crippen LogP contribution in [-0.2, 0) is 5.41 Å². The van der Waals surface area contributed by atoms with Gasteiger partial charge < -0.3 is 0 Å². The zero-order chi connectivity index (χ0) is 24.7. The van der Waals surface area contributed by atoms with Gasteiger partial charge in [0.25, 0.3) is 0 Å². The Kier molecular flexibility index (Phi) is 5.85. The summed E-state index contributed by atoms with van der Waals surface area (Å²) < 4.78 is 0. The molecule has 0 aromatic heterocycles. The lowest BCUT2D eigenvalue weighted by molar-refractivity contribution is 0.662. The summed E-state index contributed by atoms with van der Waals surface area (Å²) >= 11 is 0. The summed E-state index contributed by atoms with van der Waals surface area (Å²) in [7, 11) is 0. The first-order valence-corrected chi connectivity index (χ1v) is 13.0. The van der Waals surface area contributed by atoms with Gasteiger partial charge in [-0.25, -0.2) is 0 Å². The Bertz CT molecular complexity index is 1700. The molecule has 0 saturated heterocycles. The van der Waals surface area contributed by atoms with Crippen LogP contribution in [-0.4, -0.2) is 0 Å². The quantitative estimate of drug-likeness (QED) is 0.158. The monoisotopic (exact) mass is 454 g/mol. The molecule has 1 aliphatic carbocycles. The van der Waals surface area contributed by atoms with E-state index in [-0.39, 0.29) is 5.41 Å². The minimum absolute atomic E-state index is 0.0182. The molecule has 0 bridgehead atoms. The second kappa shape index (κ2) is 8.86. The maximum Gasteiger partial charge on any atom is 0.0159 e. The summed E-state index contributed by atoms with van der Waals surface area (Å²) in [6.45, 7) is 12.8. The van der Waals surface area contributed by atoms with Gasteiger partial charge in [-0.3, -0.25) is 0 Å². The van der Waals surface area contributed by atoms with E-state index in [1.807, 2.05) is 27.7 Å². The second-order valence-corrected chi connectivity index (χ2v) is 9.44. The number of fused-ring (bicyclic) bond motifs is 9. The summed E-state index contributed by atoms with van der Waals surface area (Å²) in [6, 6.07) is 36.2. The molecule has 1 aliphatic rings. The molecule has 0 nitrogen and oxygen atoms in total. The van der Waals surface area contributed by atoms with Crippen molar-refractivity contribution >= 4 is 43.1 Å². The smallest absolute Gasteiger partial charge is 0.0159 e. The highest BCUT2D eigenvalue weighted by Gasteiger charge is 2.36. The zero-order valence-corrected chi connectivity index (χ0v) is 21.7. The Balaban J connectivity index is 0.000000605. The number of hydrogen-bond acceptors (Lipinski definition) is 0. The summed E-state index contributed by atoms with van der Waals surface area (Å²) in [5.74, 6) is 0. The third-order valence-electron chi connectivity index (χ3n) is 7.39. The van der Waals surface area contributed by atoms with E-state index >= 15 is 0 Å². The van der Waals surface area contributed by atoms with E-state index in [0.717, 1.165) is 0 Å². The highest BCUT2D eigenvalue weighted by atomic mass is 14.4. The van der Waals surface area contributed by atoms with Crippen LogP contribution in [0.1, 0.15) is 52.7 Å². The van der Waals surface area contributed by atoms with Crippen LogP contribution in [0.4, 0.5) is 0 Å². The second-order valence-electron chi connectivity index (χ2n) is 9.44. The Morgan fingerprint density at radius 2 is 1.00 bits per heavy atom. The molecule has 0 radical (unpaired) electrons. The van der Waals surface area contributed by atoms with E-state index in [4.69, 9.17) is 0 Å². The van der Waals surface area contributed by atoms with Crippen molar-refractivity contribution in [3.8, 4) is 11.1 Å². The largest absolute Gasteiger partial charge is 0.0683 e. The number of benzene rings is 6. The lowest BCUT2D eigenvalue weighted by Gasteiger charge is -2.22. The molecule has 0 fully saturated rings. The standard InChI is InChI=1S/C31H22.2C2H6/c1-31(2)28-14-13-22-15-20-8-3-4-9-21(20)16-26(22)30(28)27-17-23-12-11-19-7-5-6-10-24(19)25(23)18-29(27)31;2*1-2/h3-18H,1-2H3;2*1-2H3. The topological polar surface area (TPSA) is 0 Å². The van der Waals surface area contributed by atoms with Gasteiger partial charge in [0.05, 0.1) is 0 Å². The van der Waals surface area contributed by atoms with Crippen LogP contribution in [0.25, 0.3) is 54.2 Å².